The summed E-state index contributed by atoms with van der Waals surface area (Å²) in [7, 11) is 0. The molecule has 0 aromatic heterocycles. The molecule has 2 N–H and O–H groups in total. The number of imide groups is 1. The quantitative estimate of drug-likeness (QED) is 0.672. The molecule has 0 saturated carbocycles. The first kappa shape index (κ1) is 21.4. The van der Waals surface area contributed by atoms with E-state index in [-0.39, 0.29) is 22.0 Å². The number of halogens is 4. The zero-order valence-electron chi connectivity index (χ0n) is 15.4. The molecule has 2 aromatic carbocycles. The summed E-state index contributed by atoms with van der Waals surface area (Å²) in [6.07, 6.45) is 0. The number of urea groups is 1. The van der Waals surface area contributed by atoms with Crippen LogP contribution < -0.4 is 15.4 Å². The minimum Gasteiger partial charge on any atom is -0.435 e. The van der Waals surface area contributed by atoms with Crippen LogP contribution in [0.15, 0.2) is 42.5 Å². The summed E-state index contributed by atoms with van der Waals surface area (Å²) in [6.45, 7) is -2.19. The van der Waals surface area contributed by atoms with Gasteiger partial charge in [-0.1, -0.05) is 17.7 Å². The van der Waals surface area contributed by atoms with Crippen LogP contribution in [0.25, 0.3) is 0 Å². The molecule has 1 atom stereocenters. The number of rotatable bonds is 6. The van der Waals surface area contributed by atoms with Crippen molar-refractivity contribution < 1.29 is 32.3 Å². The van der Waals surface area contributed by atoms with Crippen molar-refractivity contribution in [2.45, 2.75) is 19.1 Å². The van der Waals surface area contributed by atoms with Crippen molar-refractivity contribution in [3.63, 3.8) is 0 Å². The van der Waals surface area contributed by atoms with Crippen molar-refractivity contribution >= 4 is 35.1 Å². The molecular weight excluding hydrogens is 427 g/mol. The Balaban J connectivity index is 1.70. The Morgan fingerprint density at radius 3 is 2.50 bits per heavy atom. The molecule has 1 aliphatic heterocycles. The third kappa shape index (κ3) is 4.33. The zero-order chi connectivity index (χ0) is 22.1. The topological polar surface area (TPSA) is 87.7 Å². The predicted molar refractivity (Wildman–Crippen MR) is 101 cm³/mol. The van der Waals surface area contributed by atoms with Gasteiger partial charge in [-0.15, -0.1) is 0 Å². The largest absolute Gasteiger partial charge is 0.435 e. The third-order valence-electron chi connectivity index (χ3n) is 4.41. The highest BCUT2D eigenvalue weighted by molar-refractivity contribution is 6.32. The molecule has 4 amide bonds. The molecule has 1 saturated heterocycles. The Morgan fingerprint density at radius 2 is 1.90 bits per heavy atom. The highest BCUT2D eigenvalue weighted by atomic mass is 35.5. The van der Waals surface area contributed by atoms with Crippen LogP contribution in [0.3, 0.4) is 0 Å². The second kappa shape index (κ2) is 8.23. The molecule has 0 spiro atoms. The van der Waals surface area contributed by atoms with E-state index in [1.807, 2.05) is 0 Å². The Labute approximate surface area is 173 Å². The summed E-state index contributed by atoms with van der Waals surface area (Å²) in [5, 5.41) is 4.86. The van der Waals surface area contributed by atoms with Gasteiger partial charge in [0.05, 0.1) is 0 Å². The summed E-state index contributed by atoms with van der Waals surface area (Å²) < 4.78 is 41.9. The smallest absolute Gasteiger partial charge is 0.387 e. The van der Waals surface area contributed by atoms with E-state index >= 15 is 0 Å². The average Bonchev–Trinajstić information content (AvgIpc) is 2.86. The van der Waals surface area contributed by atoms with Gasteiger partial charge < -0.3 is 15.4 Å². The van der Waals surface area contributed by atoms with E-state index in [1.165, 1.54) is 37.3 Å². The van der Waals surface area contributed by atoms with Crippen molar-refractivity contribution in [1.29, 1.82) is 0 Å². The van der Waals surface area contributed by atoms with Crippen molar-refractivity contribution in [3.8, 4) is 5.75 Å². The molecule has 158 valence electrons. The number of carbonyl (C=O) groups excluding carboxylic acids is 3. The van der Waals surface area contributed by atoms with E-state index in [1.54, 1.807) is 0 Å². The van der Waals surface area contributed by atoms with Gasteiger partial charge in [0.15, 0.2) is 0 Å². The van der Waals surface area contributed by atoms with Crippen LogP contribution in [0.4, 0.5) is 23.7 Å². The minimum absolute atomic E-state index is 0.0523. The second-order valence-corrected chi connectivity index (χ2v) is 6.93. The minimum atomic E-state index is -2.98. The molecule has 0 bridgehead atoms. The van der Waals surface area contributed by atoms with E-state index in [9.17, 15) is 27.6 Å². The number of nitrogens with one attached hydrogen (secondary N) is 2. The maximum Gasteiger partial charge on any atom is 0.387 e. The van der Waals surface area contributed by atoms with Crippen LogP contribution in [0, 0.1) is 5.82 Å². The van der Waals surface area contributed by atoms with Crippen LogP contribution in [-0.2, 0) is 15.1 Å². The Hall–Kier alpha value is -3.27. The van der Waals surface area contributed by atoms with Crippen LogP contribution in [-0.4, -0.2) is 35.9 Å². The molecule has 1 aliphatic rings. The molecular formula is C19H15ClF3N3O4. The van der Waals surface area contributed by atoms with E-state index in [0.29, 0.717) is 4.90 Å². The lowest BCUT2D eigenvalue weighted by Gasteiger charge is -2.23. The number of ether oxygens (including phenoxy) is 1. The van der Waals surface area contributed by atoms with E-state index in [4.69, 9.17) is 11.6 Å². The number of anilines is 1. The van der Waals surface area contributed by atoms with E-state index in [0.717, 1.165) is 12.1 Å². The monoisotopic (exact) mass is 441 g/mol. The van der Waals surface area contributed by atoms with Gasteiger partial charge in [-0.3, -0.25) is 14.5 Å². The second-order valence-electron chi connectivity index (χ2n) is 6.52. The predicted octanol–water partition coefficient (Wildman–Crippen LogP) is 3.49. The average molecular weight is 442 g/mol. The zero-order valence-corrected chi connectivity index (χ0v) is 16.2. The molecule has 0 radical (unpaired) electrons. The molecule has 1 heterocycles. The van der Waals surface area contributed by atoms with Crippen molar-refractivity contribution in [1.82, 2.24) is 10.2 Å². The SMILES string of the molecule is CC1(c2ccc(F)cc2Cl)NC(=O)N(CC(=O)Nc2ccc(OC(F)F)cc2)C1=O. The number of amides is 4. The lowest BCUT2D eigenvalue weighted by atomic mass is 9.92. The van der Waals surface area contributed by atoms with Gasteiger partial charge in [0, 0.05) is 16.3 Å². The molecule has 7 nitrogen and oxygen atoms in total. The number of carbonyl (C=O) groups is 3. The van der Waals surface area contributed by atoms with E-state index in [2.05, 4.69) is 15.4 Å². The molecule has 30 heavy (non-hydrogen) atoms. The van der Waals surface area contributed by atoms with Crippen molar-refractivity contribution in [2.24, 2.45) is 0 Å². The summed E-state index contributed by atoms with van der Waals surface area (Å²) in [6, 6.07) is 7.67. The van der Waals surface area contributed by atoms with Gasteiger partial charge in [-0.2, -0.15) is 8.78 Å². The lowest BCUT2D eigenvalue weighted by Crippen LogP contribution is -2.42. The number of alkyl halides is 2. The Kier molecular flexibility index (Phi) is 5.88. The van der Waals surface area contributed by atoms with Gasteiger partial charge in [0.25, 0.3) is 5.91 Å². The maximum atomic E-state index is 13.3. The molecule has 1 unspecified atom stereocenters. The number of benzene rings is 2. The molecule has 0 aliphatic carbocycles. The van der Waals surface area contributed by atoms with Gasteiger partial charge in [0.2, 0.25) is 5.91 Å². The molecule has 2 aromatic rings. The Morgan fingerprint density at radius 1 is 1.23 bits per heavy atom. The fourth-order valence-corrected chi connectivity index (χ4v) is 3.34. The normalized spacial score (nSPS) is 18.5. The summed E-state index contributed by atoms with van der Waals surface area (Å²) in [5.74, 6) is -2.14. The van der Waals surface area contributed by atoms with Crippen LogP contribution in [0.2, 0.25) is 5.02 Å². The first-order valence-corrected chi connectivity index (χ1v) is 8.92. The first-order valence-electron chi connectivity index (χ1n) is 8.54. The summed E-state index contributed by atoms with van der Waals surface area (Å²) >= 11 is 6.02. The third-order valence-corrected chi connectivity index (χ3v) is 4.72. The van der Waals surface area contributed by atoms with E-state index < -0.39 is 42.4 Å². The summed E-state index contributed by atoms with van der Waals surface area (Å²) in [4.78, 5) is 38.1. The number of hydrogen-bond acceptors (Lipinski definition) is 4. The van der Waals surface area contributed by atoms with Crippen LogP contribution in [0.1, 0.15) is 12.5 Å². The van der Waals surface area contributed by atoms with Gasteiger partial charge in [-0.25, -0.2) is 9.18 Å². The van der Waals surface area contributed by atoms with Gasteiger partial charge in [0.1, 0.15) is 23.7 Å². The molecule has 11 heteroatoms. The summed E-state index contributed by atoms with van der Waals surface area (Å²) in [5.41, 5.74) is -1.14. The molecule has 1 fully saturated rings. The fraction of sp³-hybridized carbons (Fsp3) is 0.211. The number of hydrogen-bond donors (Lipinski definition) is 2. The lowest BCUT2D eigenvalue weighted by molar-refractivity contribution is -0.133. The highest BCUT2D eigenvalue weighted by Gasteiger charge is 2.50. The van der Waals surface area contributed by atoms with Gasteiger partial charge >= 0.3 is 12.6 Å². The van der Waals surface area contributed by atoms with Crippen LogP contribution in [0.5, 0.6) is 5.75 Å². The van der Waals surface area contributed by atoms with Crippen molar-refractivity contribution in [3.05, 3.63) is 58.9 Å². The maximum absolute atomic E-state index is 13.3. The van der Waals surface area contributed by atoms with Crippen molar-refractivity contribution in [2.75, 3.05) is 11.9 Å². The number of nitrogens with zero attached hydrogens (tertiary/aromatic N) is 1. The highest BCUT2D eigenvalue weighted by Crippen LogP contribution is 2.34. The van der Waals surface area contributed by atoms with Crippen LogP contribution >= 0.6 is 11.6 Å². The van der Waals surface area contributed by atoms with Gasteiger partial charge in [-0.05, 0) is 43.3 Å². The fourth-order valence-electron chi connectivity index (χ4n) is 2.98. The molecule has 3 rings (SSSR count). The standard InChI is InChI=1S/C19H15ClF3N3O4/c1-19(13-7-2-10(21)8-14(13)20)16(28)26(18(29)25-19)9-15(27)24-11-3-5-12(6-4-11)30-17(22)23/h2-8,17H,9H2,1H3,(H,24,27)(H,25,29). The first-order chi connectivity index (χ1) is 14.1. The Bertz CT molecular complexity index is 1000.